The summed E-state index contributed by atoms with van der Waals surface area (Å²) in [5.41, 5.74) is 5.49. The molecule has 0 aliphatic rings. The van der Waals surface area contributed by atoms with Crippen LogP contribution in [-0.2, 0) is 31.6 Å². The number of terminal acetylenes is 1. The molecule has 0 spiro atoms. The van der Waals surface area contributed by atoms with Crippen LogP contribution in [0.3, 0.4) is 0 Å². The third-order valence-corrected chi connectivity index (χ3v) is 8.49. The summed E-state index contributed by atoms with van der Waals surface area (Å²) in [4.78, 5) is -1.18. The lowest BCUT2D eigenvalue weighted by Crippen LogP contribution is -2.03. The highest BCUT2D eigenvalue weighted by molar-refractivity contribution is 7.86. The summed E-state index contributed by atoms with van der Waals surface area (Å²) in [5.74, 6) is -0.822. The maximum absolute atomic E-state index is 11.9. The lowest BCUT2D eigenvalue weighted by atomic mass is 10.1. The molecule has 0 heterocycles. The summed E-state index contributed by atoms with van der Waals surface area (Å²) >= 11 is -2.95. The van der Waals surface area contributed by atoms with Gasteiger partial charge in [-0.1, -0.05) is 12.5 Å². The van der Waals surface area contributed by atoms with Crippen LogP contribution in [0.5, 0.6) is 17.2 Å². The molecule has 0 bridgehead atoms. The van der Waals surface area contributed by atoms with E-state index in [4.69, 9.17) is 21.1 Å². The lowest BCUT2D eigenvalue weighted by molar-refractivity contribution is 0.452. The summed E-state index contributed by atoms with van der Waals surface area (Å²) in [7, 11) is -9.45. The van der Waals surface area contributed by atoms with Crippen molar-refractivity contribution in [2.24, 2.45) is 20.5 Å². The Morgan fingerprint density at radius 3 is 2.06 bits per heavy atom. The van der Waals surface area contributed by atoms with Gasteiger partial charge in [0.2, 0.25) is 0 Å². The van der Waals surface area contributed by atoms with Gasteiger partial charge in [0.25, 0.3) is 20.2 Å². The SMILES string of the molecule is C#COc1ccc(N=Nc2ccc(N=Nc3c(OS(=O)O)cc4cc(S(=O)(=O)O)c(N)cc4c3O)c3cc(S(=O)(=O)O)ccc23)cc1. The van der Waals surface area contributed by atoms with Crippen LogP contribution < -0.4 is 14.7 Å². The molecule has 1 unspecified atom stereocenters. The fourth-order valence-electron chi connectivity index (χ4n) is 4.35. The predicted octanol–water partition coefficient (Wildman–Crippen LogP) is 6.09. The van der Waals surface area contributed by atoms with E-state index in [0.29, 0.717) is 16.8 Å². The van der Waals surface area contributed by atoms with Crippen LogP contribution in [0.2, 0.25) is 0 Å². The molecule has 0 saturated heterocycles. The van der Waals surface area contributed by atoms with Gasteiger partial charge in [0, 0.05) is 16.2 Å². The average Bonchev–Trinajstić information content (AvgIpc) is 2.99. The molecule has 0 saturated carbocycles. The van der Waals surface area contributed by atoms with E-state index in [1.807, 2.05) is 6.11 Å². The number of phenolic OH excluding ortho intramolecular Hbond substituents is 1. The van der Waals surface area contributed by atoms with Crippen LogP contribution in [0.4, 0.5) is 28.4 Å². The van der Waals surface area contributed by atoms with Crippen molar-refractivity contribution in [2.75, 3.05) is 5.73 Å². The van der Waals surface area contributed by atoms with E-state index in [-0.39, 0.29) is 27.5 Å². The lowest BCUT2D eigenvalue weighted by Gasteiger charge is -2.12. The van der Waals surface area contributed by atoms with Crippen LogP contribution >= 0.6 is 0 Å². The van der Waals surface area contributed by atoms with E-state index in [2.05, 4.69) is 20.5 Å². The van der Waals surface area contributed by atoms with Crippen molar-refractivity contribution in [2.45, 2.75) is 9.79 Å². The molecule has 5 aromatic rings. The van der Waals surface area contributed by atoms with Crippen LogP contribution in [0.1, 0.15) is 0 Å². The van der Waals surface area contributed by atoms with Crippen molar-refractivity contribution < 1.29 is 48.7 Å². The molecule has 5 aromatic carbocycles. The van der Waals surface area contributed by atoms with Gasteiger partial charge in [0.1, 0.15) is 16.8 Å². The number of aromatic hydroxyl groups is 1. The van der Waals surface area contributed by atoms with Gasteiger partial charge in [0.15, 0.2) is 17.2 Å². The maximum Gasteiger partial charge on any atom is 0.357 e. The monoisotopic (exact) mass is 697 g/mol. The van der Waals surface area contributed by atoms with E-state index in [9.17, 15) is 39.8 Å². The molecular formula is C28H19N5O11S3. The molecule has 0 aliphatic carbocycles. The maximum atomic E-state index is 11.9. The van der Waals surface area contributed by atoms with E-state index in [1.54, 1.807) is 24.3 Å². The summed E-state index contributed by atoms with van der Waals surface area (Å²) in [6.45, 7) is 0. The molecule has 0 amide bonds. The second kappa shape index (κ2) is 12.7. The minimum atomic E-state index is -4.78. The van der Waals surface area contributed by atoms with Gasteiger partial charge >= 0.3 is 11.4 Å². The second-order valence-corrected chi connectivity index (χ2v) is 12.8. The van der Waals surface area contributed by atoms with Crippen LogP contribution in [0, 0.1) is 12.5 Å². The first-order chi connectivity index (χ1) is 22.2. The number of azo groups is 2. The Bertz CT molecular complexity index is 2430. The number of benzene rings is 5. The van der Waals surface area contributed by atoms with Crippen molar-refractivity contribution >= 4 is 81.6 Å². The molecule has 240 valence electrons. The Kier molecular flexibility index (Phi) is 8.90. The normalized spacial score (nSPS) is 12.9. The van der Waals surface area contributed by atoms with E-state index >= 15 is 0 Å². The highest BCUT2D eigenvalue weighted by Gasteiger charge is 2.22. The molecular weight excluding hydrogens is 679 g/mol. The Labute approximate surface area is 268 Å². The van der Waals surface area contributed by atoms with Crippen LogP contribution in [0.25, 0.3) is 21.5 Å². The molecule has 1 atom stereocenters. The zero-order valence-electron chi connectivity index (χ0n) is 23.2. The topological polar surface area (TPSA) is 260 Å². The Balaban J connectivity index is 1.65. The minimum Gasteiger partial charge on any atom is -0.505 e. The number of rotatable bonds is 9. The number of fused-ring (bicyclic) bond motifs is 2. The van der Waals surface area contributed by atoms with E-state index in [1.165, 1.54) is 18.2 Å². The van der Waals surface area contributed by atoms with Gasteiger partial charge < -0.3 is 19.8 Å². The first-order valence-electron chi connectivity index (χ1n) is 12.6. The third-order valence-electron chi connectivity index (χ3n) is 6.40. The third kappa shape index (κ3) is 7.17. The molecule has 0 aromatic heterocycles. The fourth-order valence-corrected chi connectivity index (χ4v) is 5.77. The zero-order chi connectivity index (χ0) is 34.1. The van der Waals surface area contributed by atoms with Crippen LogP contribution in [-0.4, -0.2) is 39.8 Å². The molecule has 47 heavy (non-hydrogen) atoms. The first kappa shape index (κ1) is 32.9. The molecule has 6 N–H and O–H groups in total. The van der Waals surface area contributed by atoms with E-state index < -0.39 is 64.3 Å². The van der Waals surface area contributed by atoms with Crippen LogP contribution in [0.15, 0.2) is 103 Å². The highest BCUT2D eigenvalue weighted by atomic mass is 32.2. The number of phenols is 1. The van der Waals surface area contributed by atoms with Crippen molar-refractivity contribution in [1.29, 1.82) is 0 Å². The number of anilines is 1. The predicted molar refractivity (Wildman–Crippen MR) is 169 cm³/mol. The zero-order valence-corrected chi connectivity index (χ0v) is 25.7. The fraction of sp³-hybridized carbons (Fsp3) is 0. The quantitative estimate of drug-likeness (QED) is 0.0385. The molecule has 0 radical (unpaired) electrons. The number of hydrogen-bond acceptors (Lipinski definition) is 13. The number of nitrogens with zero attached hydrogens (tertiary/aromatic N) is 4. The number of nitrogen functional groups attached to an aromatic ring is 1. The average molecular weight is 698 g/mol. The summed E-state index contributed by atoms with van der Waals surface area (Å²) in [5, 5.41) is 27.7. The molecule has 0 fully saturated rings. The van der Waals surface area contributed by atoms with Gasteiger partial charge in [-0.05, 0) is 72.1 Å². The summed E-state index contributed by atoms with van der Waals surface area (Å²) < 4.78 is 97.2. The number of nitrogens with two attached hydrogens (primary N) is 1. The van der Waals surface area contributed by atoms with E-state index in [0.717, 1.165) is 30.3 Å². The molecule has 16 nitrogen and oxygen atoms in total. The van der Waals surface area contributed by atoms with Gasteiger partial charge in [0.05, 0.1) is 27.6 Å². The Morgan fingerprint density at radius 1 is 0.787 bits per heavy atom. The van der Waals surface area contributed by atoms with Crippen molar-refractivity contribution in [3.05, 3.63) is 72.8 Å². The summed E-state index contributed by atoms with van der Waals surface area (Å²) in [6.07, 6.45) is 7.16. The second-order valence-electron chi connectivity index (χ2n) is 9.36. The highest BCUT2D eigenvalue weighted by Crippen LogP contribution is 2.46. The smallest absolute Gasteiger partial charge is 0.357 e. The number of hydrogen-bond donors (Lipinski definition) is 5. The molecule has 0 aliphatic heterocycles. The minimum absolute atomic E-state index is 0.0166. The van der Waals surface area contributed by atoms with Crippen molar-refractivity contribution in [3.8, 4) is 29.8 Å². The number of ether oxygens (including phenoxy) is 1. The van der Waals surface area contributed by atoms with Gasteiger partial charge in [-0.25, -0.2) is 0 Å². The Hall–Kier alpha value is -5.49. The first-order valence-corrected chi connectivity index (χ1v) is 16.5. The van der Waals surface area contributed by atoms with Gasteiger partial charge in [-0.2, -0.15) is 26.2 Å². The largest absolute Gasteiger partial charge is 0.505 e. The summed E-state index contributed by atoms with van der Waals surface area (Å²) in [6, 6.07) is 15.7. The standard InChI is InChI=1S/C28H19N5O11S3/c1-2-43-17-5-3-16(4-6-17)30-31-23-9-10-24(21-13-18(46(37,38)39)7-8-19(21)23)32-33-27-25(44-45(35)36)11-15-12-26(47(40,41)42)22(29)14-20(15)28(27)34/h1,3-14,34H,29H2,(H,35,36)(H,37,38,39)(H,40,41,42). The van der Waals surface area contributed by atoms with Crippen molar-refractivity contribution in [1.82, 2.24) is 0 Å². The van der Waals surface area contributed by atoms with Gasteiger partial charge in [-0.15, -0.1) is 15.3 Å². The van der Waals surface area contributed by atoms with Gasteiger partial charge in [-0.3, -0.25) is 13.7 Å². The molecule has 5 rings (SSSR count). The van der Waals surface area contributed by atoms with Crippen molar-refractivity contribution in [3.63, 3.8) is 0 Å². The Morgan fingerprint density at radius 2 is 1.45 bits per heavy atom. The molecule has 19 heteroatoms.